The van der Waals surface area contributed by atoms with Crippen molar-refractivity contribution in [3.63, 3.8) is 0 Å². The number of rotatable bonds is 8. The van der Waals surface area contributed by atoms with E-state index < -0.39 is 16.1 Å². The minimum atomic E-state index is -3.34. The Balaban J connectivity index is 1.44. The molecule has 4 rings (SSSR count). The Morgan fingerprint density at radius 1 is 1.20 bits per heavy atom. The minimum absolute atomic E-state index is 0.0505. The van der Waals surface area contributed by atoms with Crippen LogP contribution in [-0.2, 0) is 10.0 Å². The van der Waals surface area contributed by atoms with Gasteiger partial charge in [-0.3, -0.25) is 14.5 Å². The van der Waals surface area contributed by atoms with Crippen LogP contribution in [-0.4, -0.2) is 83.8 Å². The summed E-state index contributed by atoms with van der Waals surface area (Å²) in [5, 5.41) is 14.5. The molecule has 0 spiro atoms. The Morgan fingerprint density at radius 2 is 1.83 bits per heavy atom. The van der Waals surface area contributed by atoms with Gasteiger partial charge in [0.1, 0.15) is 5.56 Å². The molecule has 0 unspecified atom stereocenters. The molecule has 0 aliphatic carbocycles. The monoisotopic (exact) mass is 504 g/mol. The highest BCUT2D eigenvalue weighted by molar-refractivity contribution is 7.88. The van der Waals surface area contributed by atoms with Gasteiger partial charge >= 0.3 is 0 Å². The quantitative estimate of drug-likeness (QED) is 0.564. The minimum Gasteiger partial charge on any atom is -0.390 e. The van der Waals surface area contributed by atoms with Gasteiger partial charge in [0.15, 0.2) is 0 Å². The van der Waals surface area contributed by atoms with Crippen LogP contribution in [0, 0.1) is 0 Å². The number of likely N-dealkylation sites (N-methyl/N-ethyl adjacent to an activating group) is 1. The Bertz CT molecular complexity index is 1240. The fourth-order valence-electron chi connectivity index (χ4n) is 5.65. The van der Waals surface area contributed by atoms with Crippen LogP contribution in [0.15, 0.2) is 35.1 Å². The normalized spacial score (nSPS) is 23.8. The van der Waals surface area contributed by atoms with E-state index in [2.05, 4.69) is 10.2 Å². The van der Waals surface area contributed by atoms with Crippen molar-refractivity contribution in [1.29, 1.82) is 0 Å². The third kappa shape index (κ3) is 5.45. The number of pyridine rings is 1. The number of para-hydroxylation sites is 1. The number of fused-ring (bicyclic) bond motifs is 3. The lowest BCUT2D eigenvalue weighted by molar-refractivity contribution is 0.0448. The third-order valence-corrected chi connectivity index (χ3v) is 8.66. The molecule has 2 aromatic rings. The van der Waals surface area contributed by atoms with Gasteiger partial charge in [-0.2, -0.15) is 0 Å². The molecule has 3 heterocycles. The van der Waals surface area contributed by atoms with Gasteiger partial charge in [-0.05, 0) is 57.0 Å². The number of carbonyl (C=O) groups is 1. The number of aliphatic hydroxyl groups excluding tert-OH is 1. The lowest BCUT2D eigenvalue weighted by Gasteiger charge is -2.40. The van der Waals surface area contributed by atoms with Crippen molar-refractivity contribution in [2.75, 3.05) is 26.4 Å². The zero-order valence-corrected chi connectivity index (χ0v) is 21.7. The predicted molar refractivity (Wildman–Crippen MR) is 136 cm³/mol. The molecule has 1 aromatic carbocycles. The number of nitrogens with one attached hydrogen (secondary N) is 1. The van der Waals surface area contributed by atoms with E-state index in [-0.39, 0.29) is 47.7 Å². The van der Waals surface area contributed by atoms with Gasteiger partial charge in [0, 0.05) is 44.3 Å². The van der Waals surface area contributed by atoms with E-state index in [1.54, 1.807) is 10.6 Å². The van der Waals surface area contributed by atoms with Crippen LogP contribution in [0.5, 0.6) is 0 Å². The average Bonchev–Trinajstić information content (AvgIpc) is 2.99. The molecule has 3 atom stereocenters. The largest absolute Gasteiger partial charge is 0.390 e. The molecule has 2 fully saturated rings. The molecule has 2 saturated heterocycles. The molecule has 10 heteroatoms. The van der Waals surface area contributed by atoms with Gasteiger partial charge in [-0.15, -0.1) is 0 Å². The SMILES string of the molecule is CC(C)n1c(=O)c(C(=O)NC2C[C@H]3CC[C@H](C2)N3C[C@@H](O)CN(C)S(C)(=O)=O)cc2ccccc21. The molecule has 2 aliphatic heterocycles. The molecule has 1 aromatic heterocycles. The van der Waals surface area contributed by atoms with Crippen molar-refractivity contribution < 1.29 is 18.3 Å². The molecule has 0 saturated carbocycles. The van der Waals surface area contributed by atoms with Gasteiger partial charge in [0.2, 0.25) is 10.0 Å². The number of hydrogen-bond acceptors (Lipinski definition) is 6. The number of benzene rings is 1. The fourth-order valence-corrected chi connectivity index (χ4v) is 6.09. The zero-order valence-electron chi connectivity index (χ0n) is 20.8. The van der Waals surface area contributed by atoms with Crippen molar-refractivity contribution in [3.05, 3.63) is 46.2 Å². The first-order chi connectivity index (χ1) is 16.5. The molecule has 2 aliphatic rings. The van der Waals surface area contributed by atoms with Crippen molar-refractivity contribution in [2.24, 2.45) is 0 Å². The van der Waals surface area contributed by atoms with Crippen molar-refractivity contribution in [1.82, 2.24) is 19.1 Å². The molecule has 192 valence electrons. The number of nitrogens with zero attached hydrogens (tertiary/aromatic N) is 3. The number of sulfonamides is 1. The van der Waals surface area contributed by atoms with Crippen molar-refractivity contribution in [3.8, 4) is 0 Å². The van der Waals surface area contributed by atoms with Gasteiger partial charge < -0.3 is 15.0 Å². The van der Waals surface area contributed by atoms with E-state index in [1.807, 2.05) is 38.1 Å². The molecular weight excluding hydrogens is 468 g/mol. The maximum atomic E-state index is 13.2. The summed E-state index contributed by atoms with van der Waals surface area (Å²) in [7, 11) is -1.88. The average molecular weight is 505 g/mol. The number of amides is 1. The smallest absolute Gasteiger partial charge is 0.264 e. The maximum Gasteiger partial charge on any atom is 0.264 e. The number of hydrogen-bond donors (Lipinski definition) is 2. The molecular formula is C25H36N4O5S. The Morgan fingerprint density at radius 3 is 2.43 bits per heavy atom. The van der Waals surface area contributed by atoms with Gasteiger partial charge in [-0.25, -0.2) is 12.7 Å². The predicted octanol–water partition coefficient (Wildman–Crippen LogP) is 1.56. The summed E-state index contributed by atoms with van der Waals surface area (Å²) in [6.45, 7) is 4.33. The van der Waals surface area contributed by atoms with Crippen LogP contribution in [0.4, 0.5) is 0 Å². The second-order valence-corrected chi connectivity index (χ2v) is 12.4. The van der Waals surface area contributed by atoms with Gasteiger partial charge in [-0.1, -0.05) is 18.2 Å². The van der Waals surface area contributed by atoms with Crippen LogP contribution in [0.25, 0.3) is 10.9 Å². The lowest BCUT2D eigenvalue weighted by Crippen LogP contribution is -2.53. The van der Waals surface area contributed by atoms with Crippen LogP contribution in [0.1, 0.15) is 55.9 Å². The van der Waals surface area contributed by atoms with E-state index in [4.69, 9.17) is 0 Å². The third-order valence-electron chi connectivity index (χ3n) is 7.38. The van der Waals surface area contributed by atoms with Gasteiger partial charge in [0.05, 0.1) is 17.9 Å². The highest BCUT2D eigenvalue weighted by atomic mass is 32.2. The molecule has 1 amide bonds. The van der Waals surface area contributed by atoms with E-state index in [1.165, 1.54) is 11.4 Å². The number of aromatic nitrogens is 1. The first-order valence-corrected chi connectivity index (χ1v) is 14.1. The lowest BCUT2D eigenvalue weighted by atomic mass is 9.96. The summed E-state index contributed by atoms with van der Waals surface area (Å²) in [6.07, 6.45) is 3.77. The van der Waals surface area contributed by atoms with Crippen LogP contribution < -0.4 is 10.9 Å². The highest BCUT2D eigenvalue weighted by Gasteiger charge is 2.42. The first kappa shape index (κ1) is 25.8. The molecule has 2 N–H and O–H groups in total. The van der Waals surface area contributed by atoms with Crippen LogP contribution in [0.3, 0.4) is 0 Å². The topological polar surface area (TPSA) is 112 Å². The van der Waals surface area contributed by atoms with E-state index in [0.29, 0.717) is 6.54 Å². The fraction of sp³-hybridized carbons (Fsp3) is 0.600. The summed E-state index contributed by atoms with van der Waals surface area (Å²) in [5.41, 5.74) is 0.691. The second kappa shape index (κ2) is 10.0. The van der Waals surface area contributed by atoms with Gasteiger partial charge in [0.25, 0.3) is 11.5 Å². The summed E-state index contributed by atoms with van der Waals surface area (Å²) >= 11 is 0. The summed E-state index contributed by atoms with van der Waals surface area (Å²) in [4.78, 5) is 28.7. The van der Waals surface area contributed by atoms with Crippen molar-refractivity contribution in [2.45, 2.75) is 69.8 Å². The summed E-state index contributed by atoms with van der Waals surface area (Å²) < 4.78 is 26.1. The molecule has 9 nitrogen and oxygen atoms in total. The Hall–Kier alpha value is -2.27. The summed E-state index contributed by atoms with van der Waals surface area (Å²) in [5.74, 6) is -0.345. The summed E-state index contributed by atoms with van der Waals surface area (Å²) in [6, 6.07) is 9.57. The van der Waals surface area contributed by atoms with Crippen molar-refractivity contribution >= 4 is 26.8 Å². The maximum absolute atomic E-state index is 13.2. The highest BCUT2D eigenvalue weighted by Crippen LogP contribution is 2.36. The van der Waals surface area contributed by atoms with E-state index >= 15 is 0 Å². The van der Waals surface area contributed by atoms with E-state index in [9.17, 15) is 23.1 Å². The molecule has 35 heavy (non-hydrogen) atoms. The molecule has 2 bridgehead atoms. The molecule has 0 radical (unpaired) electrons. The number of carbonyl (C=O) groups excluding carboxylic acids is 1. The van der Waals surface area contributed by atoms with Crippen LogP contribution >= 0.6 is 0 Å². The van der Waals surface area contributed by atoms with E-state index in [0.717, 1.165) is 42.8 Å². The number of aliphatic hydroxyl groups is 1. The second-order valence-electron chi connectivity index (χ2n) is 10.3. The Labute approximate surface area is 206 Å². The number of piperidine rings is 1. The van der Waals surface area contributed by atoms with Crippen LogP contribution in [0.2, 0.25) is 0 Å². The Kier molecular flexibility index (Phi) is 7.38. The first-order valence-electron chi connectivity index (χ1n) is 12.3. The standard InChI is InChI=1S/C25H36N4O5S/c1-16(2)29-23-8-6-5-7-17(23)11-22(25(29)32)24(31)26-18-12-19-9-10-20(13-18)28(19)15-21(30)14-27(3)35(4,33)34/h5-8,11,16,18-21,30H,9-10,12-15H2,1-4H3,(H,26,31)/t19-,20-,21+/m1/s1. The zero-order chi connectivity index (χ0) is 25.5.